The summed E-state index contributed by atoms with van der Waals surface area (Å²) >= 11 is 6.29. The van der Waals surface area contributed by atoms with Crippen molar-refractivity contribution >= 4 is 17.6 Å². The minimum Gasteiger partial charge on any atom is -0.481 e. The van der Waals surface area contributed by atoms with Crippen LogP contribution in [0.5, 0.6) is 0 Å². The molecule has 0 unspecified atom stereocenters. The van der Waals surface area contributed by atoms with Gasteiger partial charge in [-0.3, -0.25) is 4.79 Å². The molecule has 2 nitrogen and oxygen atoms in total. The summed E-state index contributed by atoms with van der Waals surface area (Å²) in [5, 5.41) is 10.1. The summed E-state index contributed by atoms with van der Waals surface area (Å²) in [6.07, 6.45) is 5.95. The Morgan fingerprint density at radius 3 is 2.59 bits per heavy atom. The van der Waals surface area contributed by atoms with Crippen LogP contribution in [0.15, 0.2) is 12.1 Å². The summed E-state index contributed by atoms with van der Waals surface area (Å²) in [5.41, 5.74) is 2.79. The molecule has 1 aromatic carbocycles. The molecule has 3 heteroatoms. The Balaban J connectivity index is 2.08. The summed E-state index contributed by atoms with van der Waals surface area (Å²) in [4.78, 5) is 11.3. The van der Waals surface area contributed by atoms with Crippen LogP contribution in [0.4, 0.5) is 0 Å². The number of aliphatic carboxylic acids is 1. The molecular weight excluding hydrogens is 236 g/mol. The molecule has 2 aliphatic rings. The van der Waals surface area contributed by atoms with Gasteiger partial charge in [-0.2, -0.15) is 0 Å². The molecule has 1 saturated carbocycles. The van der Waals surface area contributed by atoms with Crippen LogP contribution >= 0.6 is 11.6 Å². The number of rotatable bonds is 2. The number of carbonyl (C=O) groups is 1. The topological polar surface area (TPSA) is 37.3 Å². The molecular formula is C14H15ClO2. The Labute approximate surface area is 106 Å². The molecule has 0 aromatic heterocycles. The lowest BCUT2D eigenvalue weighted by Gasteiger charge is -2.20. The van der Waals surface area contributed by atoms with Gasteiger partial charge in [0.05, 0.1) is 5.41 Å². The van der Waals surface area contributed by atoms with Gasteiger partial charge in [-0.1, -0.05) is 17.7 Å². The van der Waals surface area contributed by atoms with Crippen molar-refractivity contribution < 1.29 is 9.90 Å². The molecule has 0 atom stereocenters. The summed E-state index contributed by atoms with van der Waals surface area (Å²) in [6, 6.07) is 3.97. The van der Waals surface area contributed by atoms with Crippen molar-refractivity contribution in [1.29, 1.82) is 0 Å². The van der Waals surface area contributed by atoms with Crippen LogP contribution in [0.3, 0.4) is 0 Å². The maximum absolute atomic E-state index is 11.3. The number of benzene rings is 1. The highest BCUT2D eigenvalue weighted by molar-refractivity contribution is 6.31. The van der Waals surface area contributed by atoms with Gasteiger partial charge in [0.2, 0.25) is 0 Å². The summed E-state index contributed by atoms with van der Waals surface area (Å²) in [6.45, 7) is 0. The second-order valence-corrected chi connectivity index (χ2v) is 5.60. The van der Waals surface area contributed by atoms with Crippen molar-refractivity contribution in [1.82, 2.24) is 0 Å². The molecule has 3 rings (SSSR count). The molecule has 2 aliphatic carbocycles. The van der Waals surface area contributed by atoms with Crippen LogP contribution in [0, 0.1) is 0 Å². The minimum absolute atomic E-state index is 0.629. The van der Waals surface area contributed by atoms with Crippen molar-refractivity contribution in [3.05, 3.63) is 33.8 Å². The van der Waals surface area contributed by atoms with Crippen molar-refractivity contribution in [2.24, 2.45) is 0 Å². The molecule has 0 heterocycles. The van der Waals surface area contributed by atoms with Gasteiger partial charge in [0.25, 0.3) is 0 Å². The molecule has 1 fully saturated rings. The second kappa shape index (κ2) is 3.74. The maximum atomic E-state index is 11.3. The van der Waals surface area contributed by atoms with Crippen molar-refractivity contribution in [3.63, 3.8) is 0 Å². The minimum atomic E-state index is -0.704. The fourth-order valence-corrected chi connectivity index (χ4v) is 3.17. The first-order valence-corrected chi connectivity index (χ1v) is 6.56. The Hall–Kier alpha value is -1.02. The van der Waals surface area contributed by atoms with Gasteiger partial charge in [-0.25, -0.2) is 0 Å². The average Bonchev–Trinajstić information content (AvgIpc) is 3.10. The zero-order chi connectivity index (χ0) is 12.0. The lowest BCUT2D eigenvalue weighted by atomic mass is 9.86. The molecule has 90 valence electrons. The first-order chi connectivity index (χ1) is 8.13. The van der Waals surface area contributed by atoms with E-state index >= 15 is 0 Å². The van der Waals surface area contributed by atoms with E-state index < -0.39 is 11.4 Å². The Morgan fingerprint density at radius 2 is 1.94 bits per heavy atom. The monoisotopic (exact) mass is 250 g/mol. The van der Waals surface area contributed by atoms with E-state index in [1.54, 1.807) is 0 Å². The van der Waals surface area contributed by atoms with Crippen LogP contribution in [0.25, 0.3) is 0 Å². The molecule has 0 saturated heterocycles. The van der Waals surface area contributed by atoms with Gasteiger partial charge in [-0.05, 0) is 61.3 Å². The number of carboxylic acids is 1. The molecule has 1 aromatic rings. The fraction of sp³-hybridized carbons (Fsp3) is 0.500. The predicted molar refractivity (Wildman–Crippen MR) is 66.6 cm³/mol. The molecule has 17 heavy (non-hydrogen) atoms. The molecule has 0 amide bonds. The highest BCUT2D eigenvalue weighted by Gasteiger charge is 2.52. The van der Waals surface area contributed by atoms with Gasteiger partial charge in [0.1, 0.15) is 0 Å². The zero-order valence-electron chi connectivity index (χ0n) is 9.63. The standard InChI is InChI=1S/C14H15ClO2/c15-12-8-10(14(5-6-14)13(16)17)7-9-3-1-2-4-11(9)12/h7-8H,1-6H2,(H,16,17). The van der Waals surface area contributed by atoms with E-state index in [1.165, 1.54) is 24.0 Å². The second-order valence-electron chi connectivity index (χ2n) is 5.19. The number of carboxylic acid groups (broad SMARTS) is 1. The Kier molecular flexibility index (Phi) is 2.44. The number of hydrogen-bond donors (Lipinski definition) is 1. The summed E-state index contributed by atoms with van der Waals surface area (Å²) in [5.74, 6) is -0.704. The number of aryl methyl sites for hydroxylation is 1. The van der Waals surface area contributed by atoms with Crippen molar-refractivity contribution in [2.45, 2.75) is 43.9 Å². The highest BCUT2D eigenvalue weighted by atomic mass is 35.5. The first-order valence-electron chi connectivity index (χ1n) is 6.19. The molecule has 0 bridgehead atoms. The van der Waals surface area contributed by atoms with E-state index in [2.05, 4.69) is 6.07 Å². The number of hydrogen-bond acceptors (Lipinski definition) is 1. The number of fused-ring (bicyclic) bond motifs is 1. The number of halogens is 1. The van der Waals surface area contributed by atoms with Gasteiger partial charge in [0, 0.05) is 5.02 Å². The third kappa shape index (κ3) is 1.66. The molecule has 0 radical (unpaired) electrons. The third-order valence-electron chi connectivity index (χ3n) is 4.12. The van der Waals surface area contributed by atoms with Crippen LogP contribution in [-0.4, -0.2) is 11.1 Å². The highest BCUT2D eigenvalue weighted by Crippen LogP contribution is 2.50. The fourth-order valence-electron chi connectivity index (χ4n) is 2.84. The normalized spacial score (nSPS) is 20.8. The third-order valence-corrected chi connectivity index (χ3v) is 4.46. The van der Waals surface area contributed by atoms with E-state index in [0.29, 0.717) is 0 Å². The largest absolute Gasteiger partial charge is 0.481 e. The molecule has 1 N–H and O–H groups in total. The average molecular weight is 251 g/mol. The van der Waals surface area contributed by atoms with Crippen molar-refractivity contribution in [3.8, 4) is 0 Å². The van der Waals surface area contributed by atoms with Crippen LogP contribution in [0.2, 0.25) is 5.02 Å². The predicted octanol–water partition coefficient (Wildman–Crippen LogP) is 3.34. The molecule has 0 spiro atoms. The summed E-state index contributed by atoms with van der Waals surface area (Å²) < 4.78 is 0. The van der Waals surface area contributed by atoms with Gasteiger partial charge in [0.15, 0.2) is 0 Å². The van der Waals surface area contributed by atoms with Crippen LogP contribution in [-0.2, 0) is 23.1 Å². The van der Waals surface area contributed by atoms with E-state index in [-0.39, 0.29) is 0 Å². The maximum Gasteiger partial charge on any atom is 0.314 e. The van der Waals surface area contributed by atoms with Crippen LogP contribution in [0.1, 0.15) is 42.4 Å². The first kappa shape index (κ1) is 11.1. The van der Waals surface area contributed by atoms with Gasteiger partial charge < -0.3 is 5.11 Å². The quantitative estimate of drug-likeness (QED) is 0.874. The van der Waals surface area contributed by atoms with E-state index in [9.17, 15) is 9.90 Å². The van der Waals surface area contributed by atoms with Gasteiger partial charge in [-0.15, -0.1) is 0 Å². The Bertz CT molecular complexity index is 489. The van der Waals surface area contributed by atoms with Gasteiger partial charge >= 0.3 is 5.97 Å². The van der Waals surface area contributed by atoms with E-state index in [0.717, 1.165) is 36.3 Å². The smallest absolute Gasteiger partial charge is 0.314 e. The van der Waals surface area contributed by atoms with Crippen LogP contribution < -0.4 is 0 Å². The summed E-state index contributed by atoms with van der Waals surface area (Å²) in [7, 11) is 0. The van der Waals surface area contributed by atoms with E-state index in [4.69, 9.17) is 11.6 Å². The zero-order valence-corrected chi connectivity index (χ0v) is 10.4. The SMILES string of the molecule is O=C(O)C1(c2cc(Cl)c3c(c2)CCCC3)CC1. The van der Waals surface area contributed by atoms with E-state index in [1.807, 2.05) is 6.07 Å². The van der Waals surface area contributed by atoms with Crippen molar-refractivity contribution in [2.75, 3.05) is 0 Å². The lowest BCUT2D eigenvalue weighted by Crippen LogP contribution is -2.20. The lowest BCUT2D eigenvalue weighted by molar-refractivity contribution is -0.140. The Morgan fingerprint density at radius 1 is 1.24 bits per heavy atom. The molecule has 0 aliphatic heterocycles.